The summed E-state index contributed by atoms with van der Waals surface area (Å²) in [5.74, 6) is 1.03. The molecule has 4 nitrogen and oxygen atoms in total. The van der Waals surface area contributed by atoms with E-state index in [9.17, 15) is 0 Å². The molecule has 0 radical (unpaired) electrons. The van der Waals surface area contributed by atoms with Crippen molar-refractivity contribution in [2.75, 3.05) is 0 Å². The molecule has 7 rings (SSSR count). The molecule has 0 N–H and O–H groups in total. The van der Waals surface area contributed by atoms with Crippen molar-refractivity contribution >= 4 is 55.1 Å². The fourth-order valence-corrected chi connectivity index (χ4v) is 4.85. The lowest BCUT2D eigenvalue weighted by molar-refractivity contribution is 0.670. The second-order valence-corrected chi connectivity index (χ2v) is 8.15. The minimum atomic E-state index is 0.153. The van der Waals surface area contributed by atoms with Crippen molar-refractivity contribution in [1.82, 2.24) is 15.0 Å². The zero-order valence-corrected chi connectivity index (χ0v) is 17.5. The van der Waals surface area contributed by atoms with Crippen LogP contribution in [0, 0.1) is 0 Å². The molecule has 0 atom stereocenters. The largest absolute Gasteiger partial charge is 0.455 e. The zero-order chi connectivity index (χ0) is 21.2. The molecular weight excluding hydrogens is 418 g/mol. The van der Waals surface area contributed by atoms with E-state index in [-0.39, 0.29) is 5.28 Å². The summed E-state index contributed by atoms with van der Waals surface area (Å²) in [6, 6.07) is 28.6. The average molecular weight is 432 g/mol. The fraction of sp³-hybridized carbons (Fsp3) is 0. The number of nitrogens with zero attached hydrogens (tertiary/aromatic N) is 3. The van der Waals surface area contributed by atoms with E-state index < -0.39 is 0 Å². The summed E-state index contributed by atoms with van der Waals surface area (Å²) in [5.41, 5.74) is 3.30. The van der Waals surface area contributed by atoms with E-state index in [1.165, 1.54) is 16.2 Å². The normalized spacial score (nSPS) is 11.9. The van der Waals surface area contributed by atoms with Crippen molar-refractivity contribution in [1.29, 1.82) is 0 Å². The highest BCUT2D eigenvalue weighted by atomic mass is 35.5. The first kappa shape index (κ1) is 17.6. The molecule has 7 aromatic rings. The number of halogens is 1. The van der Waals surface area contributed by atoms with Crippen LogP contribution in [-0.4, -0.2) is 15.0 Å². The molecule has 2 aromatic heterocycles. The first-order valence-corrected chi connectivity index (χ1v) is 10.7. The Morgan fingerprint density at radius 1 is 0.562 bits per heavy atom. The van der Waals surface area contributed by atoms with Crippen molar-refractivity contribution in [2.45, 2.75) is 0 Å². The number of furan rings is 1. The van der Waals surface area contributed by atoms with Crippen LogP contribution in [0.3, 0.4) is 0 Å². The summed E-state index contributed by atoms with van der Waals surface area (Å²) in [5, 5.41) is 7.12. The SMILES string of the molecule is Clc1nc(-c2ccccc2)nc(-c2ccc3c4ccccc4c4cccc5oc2c3c54)n1. The molecular formula is C27H14ClN3O. The van der Waals surface area contributed by atoms with Gasteiger partial charge < -0.3 is 4.42 Å². The van der Waals surface area contributed by atoms with Gasteiger partial charge in [-0.15, -0.1) is 0 Å². The lowest BCUT2D eigenvalue weighted by atomic mass is 9.93. The van der Waals surface area contributed by atoms with Crippen LogP contribution in [0.1, 0.15) is 0 Å². The molecule has 5 aromatic carbocycles. The summed E-state index contributed by atoms with van der Waals surface area (Å²) in [4.78, 5) is 13.5. The Hall–Kier alpha value is -4.02. The smallest absolute Gasteiger partial charge is 0.226 e. The van der Waals surface area contributed by atoms with Gasteiger partial charge in [-0.2, -0.15) is 9.97 Å². The van der Waals surface area contributed by atoms with Crippen LogP contribution in [0.4, 0.5) is 0 Å². The third kappa shape index (κ3) is 2.41. The molecule has 0 fully saturated rings. The van der Waals surface area contributed by atoms with E-state index in [1.807, 2.05) is 48.5 Å². The van der Waals surface area contributed by atoms with Crippen LogP contribution in [0.2, 0.25) is 5.28 Å². The Kier molecular flexibility index (Phi) is 3.58. The molecule has 0 aliphatic carbocycles. The topological polar surface area (TPSA) is 51.8 Å². The average Bonchev–Trinajstić information content (AvgIpc) is 3.24. The first-order valence-electron chi connectivity index (χ1n) is 10.3. The van der Waals surface area contributed by atoms with Gasteiger partial charge in [0.1, 0.15) is 11.2 Å². The third-order valence-corrected chi connectivity index (χ3v) is 6.20. The molecule has 0 aliphatic rings. The predicted octanol–water partition coefficient (Wildman–Crippen LogP) is 7.50. The van der Waals surface area contributed by atoms with E-state index in [0.29, 0.717) is 11.6 Å². The highest BCUT2D eigenvalue weighted by Gasteiger charge is 2.21. The molecule has 0 unspecified atom stereocenters. The standard InChI is InChI=1S/C27H14ClN3O/c28-27-30-25(15-7-2-1-3-8-15)29-26(31-27)20-14-13-19-17-10-5-4-9-16(17)18-11-6-12-21-22(18)23(19)24(20)32-21/h1-14H. The van der Waals surface area contributed by atoms with Gasteiger partial charge in [0.25, 0.3) is 0 Å². The second kappa shape index (κ2) is 6.49. The van der Waals surface area contributed by atoms with E-state index >= 15 is 0 Å². The Balaban J connectivity index is 1.59. The van der Waals surface area contributed by atoms with Gasteiger partial charge >= 0.3 is 0 Å². The zero-order valence-electron chi connectivity index (χ0n) is 16.7. The summed E-state index contributed by atoms with van der Waals surface area (Å²) in [6.07, 6.45) is 0. The molecule has 0 aliphatic heterocycles. The number of hydrogen-bond acceptors (Lipinski definition) is 4. The number of aromatic nitrogens is 3. The van der Waals surface area contributed by atoms with Crippen LogP contribution >= 0.6 is 11.6 Å². The first-order chi connectivity index (χ1) is 15.8. The van der Waals surface area contributed by atoms with Crippen molar-refractivity contribution in [3.63, 3.8) is 0 Å². The molecule has 32 heavy (non-hydrogen) atoms. The Bertz CT molecular complexity index is 1790. The lowest BCUT2D eigenvalue weighted by Crippen LogP contribution is -1.97. The maximum Gasteiger partial charge on any atom is 0.226 e. The summed E-state index contributed by atoms with van der Waals surface area (Å²) in [6.45, 7) is 0. The number of rotatable bonds is 2. The molecule has 0 saturated carbocycles. The van der Waals surface area contributed by atoms with Gasteiger partial charge in [0, 0.05) is 16.3 Å². The minimum absolute atomic E-state index is 0.153. The van der Waals surface area contributed by atoms with E-state index in [0.717, 1.165) is 38.5 Å². The highest BCUT2D eigenvalue weighted by molar-refractivity contribution is 6.34. The number of fused-ring (bicyclic) bond motifs is 3. The monoisotopic (exact) mass is 431 g/mol. The van der Waals surface area contributed by atoms with Crippen molar-refractivity contribution in [2.24, 2.45) is 0 Å². The molecule has 0 saturated heterocycles. The van der Waals surface area contributed by atoms with Crippen LogP contribution in [0.5, 0.6) is 0 Å². The Labute approximate surface area is 187 Å². The van der Waals surface area contributed by atoms with E-state index in [1.54, 1.807) is 0 Å². The second-order valence-electron chi connectivity index (χ2n) is 7.81. The van der Waals surface area contributed by atoms with Crippen molar-refractivity contribution in [3.8, 4) is 22.8 Å². The minimum Gasteiger partial charge on any atom is -0.455 e. The van der Waals surface area contributed by atoms with Gasteiger partial charge in [0.15, 0.2) is 11.6 Å². The van der Waals surface area contributed by atoms with Crippen molar-refractivity contribution < 1.29 is 4.42 Å². The summed E-state index contributed by atoms with van der Waals surface area (Å²) >= 11 is 6.32. The van der Waals surface area contributed by atoms with Gasteiger partial charge in [0.05, 0.1) is 5.56 Å². The lowest BCUT2D eigenvalue weighted by Gasteiger charge is -2.09. The maximum atomic E-state index is 6.41. The van der Waals surface area contributed by atoms with Gasteiger partial charge in [-0.05, 0) is 45.3 Å². The van der Waals surface area contributed by atoms with Crippen LogP contribution in [0.15, 0.2) is 89.3 Å². The summed E-state index contributed by atoms with van der Waals surface area (Å²) < 4.78 is 6.41. The van der Waals surface area contributed by atoms with Crippen LogP contribution < -0.4 is 0 Å². The maximum absolute atomic E-state index is 6.41. The molecule has 150 valence electrons. The quantitative estimate of drug-likeness (QED) is 0.266. The third-order valence-electron chi connectivity index (χ3n) is 6.03. The number of hydrogen-bond donors (Lipinski definition) is 0. The number of benzene rings is 5. The van der Waals surface area contributed by atoms with E-state index in [4.69, 9.17) is 21.0 Å². The van der Waals surface area contributed by atoms with Gasteiger partial charge in [-0.25, -0.2) is 4.98 Å². The Morgan fingerprint density at radius 3 is 2.06 bits per heavy atom. The van der Waals surface area contributed by atoms with Gasteiger partial charge in [-0.1, -0.05) is 72.8 Å². The van der Waals surface area contributed by atoms with E-state index in [2.05, 4.69) is 46.4 Å². The van der Waals surface area contributed by atoms with Crippen LogP contribution in [-0.2, 0) is 0 Å². The van der Waals surface area contributed by atoms with Crippen molar-refractivity contribution in [3.05, 3.63) is 90.2 Å². The molecule has 0 bridgehead atoms. The van der Waals surface area contributed by atoms with Gasteiger partial charge in [0.2, 0.25) is 5.28 Å². The summed E-state index contributed by atoms with van der Waals surface area (Å²) in [7, 11) is 0. The molecule has 0 spiro atoms. The fourth-order valence-electron chi connectivity index (χ4n) is 4.69. The molecule has 2 heterocycles. The van der Waals surface area contributed by atoms with Crippen LogP contribution in [0.25, 0.3) is 66.3 Å². The predicted molar refractivity (Wildman–Crippen MR) is 129 cm³/mol. The molecule has 5 heteroatoms. The highest BCUT2D eigenvalue weighted by Crippen LogP contribution is 2.45. The Morgan fingerprint density at radius 2 is 1.25 bits per heavy atom. The molecule has 0 amide bonds. The van der Waals surface area contributed by atoms with Gasteiger partial charge in [-0.3, -0.25) is 0 Å².